The van der Waals surface area contributed by atoms with Crippen LogP contribution in [0.4, 0.5) is 9.80 Å². The highest BCUT2D eigenvalue weighted by Gasteiger charge is 2.35. The van der Waals surface area contributed by atoms with Crippen molar-refractivity contribution in [3.63, 3.8) is 0 Å². The minimum Gasteiger partial charge on any atom is -0.459 e. The lowest BCUT2D eigenvalue weighted by molar-refractivity contribution is 0.0718. The van der Waals surface area contributed by atoms with Gasteiger partial charge in [0, 0.05) is 41.5 Å². The second kappa shape index (κ2) is 10.3. The van der Waals surface area contributed by atoms with Gasteiger partial charge in [0.1, 0.15) is 5.00 Å². The largest absolute Gasteiger partial charge is 0.459 e. The van der Waals surface area contributed by atoms with Gasteiger partial charge in [0.2, 0.25) is 0 Å². The van der Waals surface area contributed by atoms with Gasteiger partial charge in [-0.1, -0.05) is 6.07 Å². The zero-order valence-electron chi connectivity index (χ0n) is 19.2. The number of fused-ring (bicyclic) bond motifs is 1. The van der Waals surface area contributed by atoms with E-state index in [1.807, 2.05) is 6.92 Å². The lowest BCUT2D eigenvalue weighted by atomic mass is 9.91. The number of nitrogens with one attached hydrogen (secondary N) is 1. The summed E-state index contributed by atoms with van der Waals surface area (Å²) in [5.41, 5.74) is 2.60. The average Bonchev–Trinajstić information content (AvgIpc) is 3.62. The van der Waals surface area contributed by atoms with E-state index in [1.165, 1.54) is 33.6 Å². The van der Waals surface area contributed by atoms with Crippen LogP contribution in [0.2, 0.25) is 0 Å². The monoisotopic (exact) mass is 499 g/mol. The third-order valence-electron chi connectivity index (χ3n) is 6.48. The van der Waals surface area contributed by atoms with Crippen LogP contribution in [0.1, 0.15) is 57.2 Å². The molecule has 2 aliphatic rings. The molecule has 1 atom stereocenters. The number of hydrogen-bond donors (Lipinski definition) is 1. The summed E-state index contributed by atoms with van der Waals surface area (Å²) in [7, 11) is 0. The number of rotatable bonds is 6. The summed E-state index contributed by atoms with van der Waals surface area (Å²) in [6.45, 7) is 4.97. The van der Waals surface area contributed by atoms with Crippen molar-refractivity contribution in [2.24, 2.45) is 0 Å². The first-order valence-electron chi connectivity index (χ1n) is 11.8. The molecular weight excluding hydrogens is 470 g/mol. The third kappa shape index (κ3) is 4.64. The SMILES string of the molecule is CCOC(=O)N1CCN([C@H](c2cccs2)c2c(NC(=O)c3ccco3)sc3c2CCCC3)CC1. The molecule has 3 aromatic heterocycles. The molecule has 1 fully saturated rings. The second-order valence-corrected chi connectivity index (χ2v) is 10.6. The maximum Gasteiger partial charge on any atom is 0.409 e. The Balaban J connectivity index is 1.49. The third-order valence-corrected chi connectivity index (χ3v) is 8.62. The van der Waals surface area contributed by atoms with Gasteiger partial charge in [-0.3, -0.25) is 9.69 Å². The van der Waals surface area contributed by atoms with Crippen LogP contribution in [0.25, 0.3) is 0 Å². The first kappa shape index (κ1) is 23.1. The highest BCUT2D eigenvalue weighted by atomic mass is 32.1. The molecule has 0 aromatic carbocycles. The Morgan fingerprint density at radius 1 is 1.15 bits per heavy atom. The number of carbonyl (C=O) groups excluding carboxylic acids is 2. The van der Waals surface area contributed by atoms with E-state index >= 15 is 0 Å². The summed E-state index contributed by atoms with van der Waals surface area (Å²) in [5.74, 6) is 0.0925. The molecule has 0 radical (unpaired) electrons. The molecule has 1 aliphatic heterocycles. The molecule has 2 amide bonds. The molecule has 1 N–H and O–H groups in total. The van der Waals surface area contributed by atoms with Gasteiger partial charge in [-0.25, -0.2) is 4.79 Å². The zero-order chi connectivity index (χ0) is 23.5. The summed E-state index contributed by atoms with van der Waals surface area (Å²) < 4.78 is 10.6. The lowest BCUT2D eigenvalue weighted by Gasteiger charge is -2.39. The van der Waals surface area contributed by atoms with E-state index in [9.17, 15) is 9.59 Å². The van der Waals surface area contributed by atoms with Crippen molar-refractivity contribution in [1.82, 2.24) is 9.80 Å². The van der Waals surface area contributed by atoms with E-state index in [1.54, 1.807) is 39.7 Å². The Morgan fingerprint density at radius 3 is 2.68 bits per heavy atom. The van der Waals surface area contributed by atoms with E-state index in [2.05, 4.69) is 27.7 Å². The molecule has 34 heavy (non-hydrogen) atoms. The van der Waals surface area contributed by atoms with Crippen molar-refractivity contribution in [1.29, 1.82) is 0 Å². The normalized spacial score (nSPS) is 17.3. The molecule has 1 saturated heterocycles. The number of thiophene rings is 2. The van der Waals surface area contributed by atoms with E-state index < -0.39 is 0 Å². The van der Waals surface area contributed by atoms with Gasteiger partial charge >= 0.3 is 6.09 Å². The highest BCUT2D eigenvalue weighted by molar-refractivity contribution is 7.16. The Kier molecular flexibility index (Phi) is 7.03. The lowest BCUT2D eigenvalue weighted by Crippen LogP contribution is -2.50. The quantitative estimate of drug-likeness (QED) is 0.492. The number of carbonyl (C=O) groups is 2. The maximum absolute atomic E-state index is 12.9. The van der Waals surface area contributed by atoms with Gasteiger partial charge in [0.05, 0.1) is 18.9 Å². The summed E-state index contributed by atoms with van der Waals surface area (Å²) in [4.78, 5) is 32.0. The number of anilines is 1. The van der Waals surface area contributed by atoms with Gasteiger partial charge in [0.15, 0.2) is 5.76 Å². The number of ether oxygens (including phenoxy) is 1. The summed E-state index contributed by atoms with van der Waals surface area (Å²) in [6.07, 6.45) is 5.71. The topological polar surface area (TPSA) is 75.0 Å². The first-order chi connectivity index (χ1) is 16.7. The Bertz CT molecular complexity index is 1120. The summed E-state index contributed by atoms with van der Waals surface area (Å²) in [5, 5.41) is 6.20. The van der Waals surface area contributed by atoms with Crippen LogP contribution in [0.3, 0.4) is 0 Å². The number of nitrogens with zero attached hydrogens (tertiary/aromatic N) is 2. The Morgan fingerprint density at radius 2 is 1.97 bits per heavy atom. The van der Waals surface area contributed by atoms with Gasteiger partial charge in [0.25, 0.3) is 5.91 Å². The van der Waals surface area contributed by atoms with Gasteiger partial charge in [-0.05, 0) is 61.7 Å². The molecule has 5 rings (SSSR count). The van der Waals surface area contributed by atoms with Crippen molar-refractivity contribution in [2.75, 3.05) is 38.1 Å². The van der Waals surface area contributed by atoms with Crippen LogP contribution >= 0.6 is 22.7 Å². The van der Waals surface area contributed by atoms with E-state index in [0.29, 0.717) is 25.5 Å². The van der Waals surface area contributed by atoms with E-state index in [-0.39, 0.29) is 18.0 Å². The first-order valence-corrected chi connectivity index (χ1v) is 13.5. The predicted molar refractivity (Wildman–Crippen MR) is 134 cm³/mol. The molecule has 1 aliphatic carbocycles. The summed E-state index contributed by atoms with van der Waals surface area (Å²) >= 11 is 3.45. The van der Waals surface area contributed by atoms with Crippen molar-refractivity contribution in [3.8, 4) is 0 Å². The molecule has 7 nitrogen and oxygen atoms in total. The molecule has 3 aromatic rings. The van der Waals surface area contributed by atoms with Gasteiger partial charge < -0.3 is 19.4 Å². The number of aryl methyl sites for hydroxylation is 1. The fraction of sp³-hybridized carbons (Fsp3) is 0.440. The minimum absolute atomic E-state index is 0.0364. The van der Waals surface area contributed by atoms with E-state index in [0.717, 1.165) is 37.4 Å². The molecule has 0 spiro atoms. The van der Waals surface area contributed by atoms with Crippen molar-refractivity contribution in [2.45, 2.75) is 38.6 Å². The molecule has 0 bridgehead atoms. The molecule has 0 unspecified atom stereocenters. The van der Waals surface area contributed by atoms with Crippen LogP contribution in [0.15, 0.2) is 40.3 Å². The van der Waals surface area contributed by atoms with Gasteiger partial charge in [-0.15, -0.1) is 22.7 Å². The van der Waals surface area contributed by atoms with Crippen molar-refractivity contribution in [3.05, 3.63) is 62.6 Å². The van der Waals surface area contributed by atoms with Crippen molar-refractivity contribution >= 4 is 39.7 Å². The molecule has 0 saturated carbocycles. The van der Waals surface area contributed by atoms with Crippen LogP contribution in [-0.4, -0.2) is 54.6 Å². The molecular formula is C25H29N3O4S2. The van der Waals surface area contributed by atoms with Crippen molar-refractivity contribution < 1.29 is 18.7 Å². The smallest absolute Gasteiger partial charge is 0.409 e. The van der Waals surface area contributed by atoms with Crippen LogP contribution in [0, 0.1) is 0 Å². The summed E-state index contributed by atoms with van der Waals surface area (Å²) in [6, 6.07) is 7.72. The second-order valence-electron chi connectivity index (χ2n) is 8.53. The average molecular weight is 500 g/mol. The number of furan rings is 1. The number of amides is 2. The molecule has 4 heterocycles. The number of piperazine rings is 1. The highest BCUT2D eigenvalue weighted by Crippen LogP contribution is 2.46. The molecule has 9 heteroatoms. The van der Waals surface area contributed by atoms with Crippen LogP contribution in [-0.2, 0) is 17.6 Å². The number of hydrogen-bond acceptors (Lipinski definition) is 7. The zero-order valence-corrected chi connectivity index (χ0v) is 20.9. The predicted octanol–water partition coefficient (Wildman–Crippen LogP) is 5.40. The van der Waals surface area contributed by atoms with Gasteiger partial charge in [-0.2, -0.15) is 0 Å². The fourth-order valence-corrected chi connectivity index (χ4v) is 7.06. The molecule has 180 valence electrons. The minimum atomic E-state index is -0.242. The fourth-order valence-electron chi connectivity index (χ4n) is 4.87. The Hall–Kier alpha value is -2.62. The van der Waals surface area contributed by atoms with Crippen LogP contribution in [0.5, 0.6) is 0 Å². The standard InChI is InChI=1S/C25H29N3O4S2/c1-2-31-25(30)28-13-11-27(12-14-28)22(20-10-6-16-33-20)21-17-7-3-4-9-19(17)34-24(21)26-23(29)18-8-5-15-32-18/h5-6,8,10,15-16,22H,2-4,7,9,11-14H2,1H3,(H,26,29)/t22-/m1/s1. The maximum atomic E-state index is 12.9. The Labute approximate surface area is 207 Å². The van der Waals surface area contributed by atoms with Crippen LogP contribution < -0.4 is 5.32 Å². The van der Waals surface area contributed by atoms with E-state index in [4.69, 9.17) is 9.15 Å².